The van der Waals surface area contributed by atoms with E-state index >= 15 is 0 Å². The molecule has 1 heterocycles. The number of nitrogens with two attached hydrogens (primary N) is 1. The Hall–Kier alpha value is -2.44. The number of piperidine rings is 1. The lowest BCUT2D eigenvalue weighted by molar-refractivity contribution is -0.134. The van der Waals surface area contributed by atoms with Gasteiger partial charge < -0.3 is 16.0 Å². The Labute approximate surface area is 140 Å². The molecule has 0 bridgehead atoms. The number of halogens is 1. The molecule has 0 aliphatic carbocycles. The van der Waals surface area contributed by atoms with E-state index in [1.807, 2.05) is 0 Å². The van der Waals surface area contributed by atoms with Crippen LogP contribution >= 0.6 is 0 Å². The minimum Gasteiger partial charge on any atom is -0.370 e. The number of nitrogens with one attached hydrogen (secondary N) is 1. The van der Waals surface area contributed by atoms with Crippen LogP contribution in [0.1, 0.15) is 36.0 Å². The lowest BCUT2D eigenvalue weighted by Gasteiger charge is -2.33. The maximum atomic E-state index is 12.9. The van der Waals surface area contributed by atoms with Gasteiger partial charge in [-0.2, -0.15) is 0 Å². The number of likely N-dealkylation sites (tertiary alicyclic amines) is 1. The molecular weight excluding hydrogens is 313 g/mol. The van der Waals surface area contributed by atoms with Crippen molar-refractivity contribution in [3.05, 3.63) is 35.6 Å². The van der Waals surface area contributed by atoms with Gasteiger partial charge in [0.15, 0.2) is 0 Å². The van der Waals surface area contributed by atoms with Gasteiger partial charge in [0.25, 0.3) is 5.91 Å². The van der Waals surface area contributed by atoms with E-state index in [9.17, 15) is 18.8 Å². The smallest absolute Gasteiger partial charge is 0.251 e. The zero-order valence-electron chi connectivity index (χ0n) is 13.5. The van der Waals surface area contributed by atoms with E-state index in [0.29, 0.717) is 25.2 Å². The fourth-order valence-electron chi connectivity index (χ4n) is 2.79. The van der Waals surface area contributed by atoms with Crippen molar-refractivity contribution in [2.24, 2.45) is 11.7 Å². The van der Waals surface area contributed by atoms with Crippen molar-refractivity contribution < 1.29 is 18.8 Å². The molecule has 1 aliphatic heterocycles. The second kappa shape index (κ2) is 8.42. The molecule has 1 fully saturated rings. The van der Waals surface area contributed by atoms with Crippen molar-refractivity contribution in [3.8, 4) is 0 Å². The summed E-state index contributed by atoms with van der Waals surface area (Å²) in [5.41, 5.74) is 5.47. The quantitative estimate of drug-likeness (QED) is 0.814. The molecule has 1 aliphatic rings. The summed E-state index contributed by atoms with van der Waals surface area (Å²) in [7, 11) is 0. The molecule has 1 aromatic carbocycles. The first kappa shape index (κ1) is 17.9. The maximum Gasteiger partial charge on any atom is 0.251 e. The molecule has 24 heavy (non-hydrogen) atoms. The third-order valence-electron chi connectivity index (χ3n) is 4.11. The minimum absolute atomic E-state index is 0.0568. The van der Waals surface area contributed by atoms with Crippen LogP contribution in [0.4, 0.5) is 4.39 Å². The number of nitrogens with zero attached hydrogens (tertiary/aromatic N) is 1. The molecule has 0 saturated carbocycles. The molecule has 0 unspecified atom stereocenters. The molecule has 1 atom stereocenters. The summed E-state index contributed by atoms with van der Waals surface area (Å²) in [5.74, 6) is -1.04. The molecule has 1 saturated heterocycles. The first-order valence-corrected chi connectivity index (χ1v) is 8.05. The van der Waals surface area contributed by atoms with E-state index < -0.39 is 5.91 Å². The molecule has 0 spiro atoms. The second-order valence-corrected chi connectivity index (χ2v) is 6.03. The zero-order valence-corrected chi connectivity index (χ0v) is 13.5. The van der Waals surface area contributed by atoms with Gasteiger partial charge in [0.1, 0.15) is 5.82 Å². The third-order valence-corrected chi connectivity index (χ3v) is 4.11. The fraction of sp³-hybridized carbons (Fsp3) is 0.471. The van der Waals surface area contributed by atoms with Crippen LogP contribution in [0.5, 0.6) is 0 Å². The highest BCUT2D eigenvalue weighted by Crippen LogP contribution is 2.17. The van der Waals surface area contributed by atoms with E-state index in [2.05, 4.69) is 5.32 Å². The van der Waals surface area contributed by atoms with Gasteiger partial charge in [0.2, 0.25) is 11.8 Å². The van der Waals surface area contributed by atoms with Crippen LogP contribution in [0.25, 0.3) is 0 Å². The lowest BCUT2D eigenvalue weighted by atomic mass is 9.97. The van der Waals surface area contributed by atoms with Crippen molar-refractivity contribution in [1.82, 2.24) is 10.2 Å². The van der Waals surface area contributed by atoms with Crippen LogP contribution in [-0.4, -0.2) is 42.3 Å². The molecule has 0 aromatic heterocycles. The fourth-order valence-corrected chi connectivity index (χ4v) is 2.79. The van der Waals surface area contributed by atoms with E-state index in [1.165, 1.54) is 24.3 Å². The number of amides is 3. The van der Waals surface area contributed by atoms with E-state index in [4.69, 9.17) is 5.73 Å². The Morgan fingerprint density at radius 1 is 1.21 bits per heavy atom. The van der Waals surface area contributed by atoms with Gasteiger partial charge in [-0.25, -0.2) is 4.39 Å². The Morgan fingerprint density at radius 2 is 1.92 bits per heavy atom. The standard InChI is InChI=1S/C17H22FN3O3/c18-14-5-3-13(4-6-14)17(24)20-10-12-2-1-9-21(11-12)16(23)8-7-15(19)22/h3-6,12H,1-2,7-11H2,(H2,19,22)(H,20,24)/t12-/m0/s1. The van der Waals surface area contributed by atoms with Crippen molar-refractivity contribution in [3.63, 3.8) is 0 Å². The Balaban J connectivity index is 1.80. The summed E-state index contributed by atoms with van der Waals surface area (Å²) in [4.78, 5) is 36.5. The number of hydrogen-bond donors (Lipinski definition) is 2. The third kappa shape index (κ3) is 5.33. The lowest BCUT2D eigenvalue weighted by Crippen LogP contribution is -2.43. The minimum atomic E-state index is -0.483. The first-order valence-electron chi connectivity index (χ1n) is 8.05. The number of primary amides is 1. The molecule has 2 rings (SSSR count). The molecule has 6 nitrogen and oxygen atoms in total. The highest BCUT2D eigenvalue weighted by molar-refractivity contribution is 5.94. The van der Waals surface area contributed by atoms with Crippen molar-refractivity contribution in [2.75, 3.05) is 19.6 Å². The van der Waals surface area contributed by atoms with Crippen LogP contribution in [0.15, 0.2) is 24.3 Å². The van der Waals surface area contributed by atoms with E-state index in [0.717, 1.165) is 12.8 Å². The van der Waals surface area contributed by atoms with Gasteiger partial charge in [0.05, 0.1) is 0 Å². The van der Waals surface area contributed by atoms with Gasteiger partial charge in [-0.1, -0.05) is 0 Å². The SMILES string of the molecule is NC(=O)CCC(=O)N1CCC[C@@H](CNC(=O)c2ccc(F)cc2)C1. The highest BCUT2D eigenvalue weighted by atomic mass is 19.1. The van der Waals surface area contributed by atoms with Crippen LogP contribution in [-0.2, 0) is 9.59 Å². The first-order chi connectivity index (χ1) is 11.5. The van der Waals surface area contributed by atoms with Crippen LogP contribution in [0.3, 0.4) is 0 Å². The number of rotatable bonds is 6. The summed E-state index contributed by atoms with van der Waals surface area (Å²) in [5, 5.41) is 2.82. The van der Waals surface area contributed by atoms with Crippen molar-refractivity contribution in [1.29, 1.82) is 0 Å². The van der Waals surface area contributed by atoms with Crippen molar-refractivity contribution in [2.45, 2.75) is 25.7 Å². The Morgan fingerprint density at radius 3 is 2.58 bits per heavy atom. The van der Waals surface area contributed by atoms with Gasteiger partial charge in [-0.3, -0.25) is 14.4 Å². The molecule has 7 heteroatoms. The predicted molar refractivity (Wildman–Crippen MR) is 86.5 cm³/mol. The molecular formula is C17H22FN3O3. The molecule has 130 valence electrons. The average molecular weight is 335 g/mol. The van der Waals surface area contributed by atoms with Gasteiger partial charge in [0, 0.05) is 38.0 Å². The summed E-state index contributed by atoms with van der Waals surface area (Å²) in [6.07, 6.45) is 1.97. The molecule has 3 amide bonds. The number of carbonyl (C=O) groups excluding carboxylic acids is 3. The van der Waals surface area contributed by atoms with Gasteiger partial charge in [-0.15, -0.1) is 0 Å². The van der Waals surface area contributed by atoms with Crippen LogP contribution in [0, 0.1) is 11.7 Å². The molecule has 3 N–H and O–H groups in total. The zero-order chi connectivity index (χ0) is 17.5. The Kier molecular flexibility index (Phi) is 6.28. The summed E-state index contributed by atoms with van der Waals surface area (Å²) >= 11 is 0. The van der Waals surface area contributed by atoms with E-state index in [-0.39, 0.29) is 36.4 Å². The highest BCUT2D eigenvalue weighted by Gasteiger charge is 2.24. The largest absolute Gasteiger partial charge is 0.370 e. The average Bonchev–Trinajstić information content (AvgIpc) is 2.58. The van der Waals surface area contributed by atoms with Crippen molar-refractivity contribution >= 4 is 17.7 Å². The molecule has 0 radical (unpaired) electrons. The number of hydrogen-bond acceptors (Lipinski definition) is 3. The normalized spacial score (nSPS) is 17.4. The molecule has 1 aromatic rings. The monoisotopic (exact) mass is 335 g/mol. The summed E-state index contributed by atoms with van der Waals surface area (Å²) in [6.45, 7) is 1.68. The topological polar surface area (TPSA) is 92.5 Å². The predicted octanol–water partition coefficient (Wildman–Crippen LogP) is 1.06. The van der Waals surface area contributed by atoms with Gasteiger partial charge >= 0.3 is 0 Å². The van der Waals surface area contributed by atoms with Gasteiger partial charge in [-0.05, 0) is 43.0 Å². The maximum absolute atomic E-state index is 12.9. The second-order valence-electron chi connectivity index (χ2n) is 6.03. The summed E-state index contributed by atoms with van der Waals surface area (Å²) < 4.78 is 12.9. The van der Waals surface area contributed by atoms with E-state index in [1.54, 1.807) is 4.90 Å². The summed E-state index contributed by atoms with van der Waals surface area (Å²) in [6, 6.07) is 5.36. The number of benzene rings is 1. The Bertz CT molecular complexity index is 604. The van der Waals surface area contributed by atoms with Crippen LogP contribution < -0.4 is 11.1 Å². The number of carbonyl (C=O) groups is 3. The van der Waals surface area contributed by atoms with Crippen LogP contribution in [0.2, 0.25) is 0 Å².